The van der Waals surface area contributed by atoms with Gasteiger partial charge in [0.15, 0.2) is 0 Å². The molecule has 1 aromatic carbocycles. The molecule has 0 aliphatic carbocycles. The lowest BCUT2D eigenvalue weighted by molar-refractivity contribution is 0.265. The van der Waals surface area contributed by atoms with Crippen molar-refractivity contribution in [3.63, 3.8) is 0 Å². The summed E-state index contributed by atoms with van der Waals surface area (Å²) < 4.78 is 2.43. The standard InChI is InChI=1S/C15H21N3.2ClH/c1-2-17-9-7-15-13(11-17)12-5-3-4-6-14(12)18(15)10-8-16;;/h3-6H,2,7-11,16H2,1H3;2*1H. The molecule has 0 unspecified atom stereocenters. The Hall–Kier alpha value is -0.740. The Bertz CT molecular complexity index is 565. The van der Waals surface area contributed by atoms with Gasteiger partial charge in [0, 0.05) is 49.2 Å². The number of nitrogens with zero attached hydrogens (tertiary/aromatic N) is 2. The van der Waals surface area contributed by atoms with E-state index in [-0.39, 0.29) is 24.8 Å². The van der Waals surface area contributed by atoms with E-state index in [1.165, 1.54) is 28.7 Å². The van der Waals surface area contributed by atoms with Crippen LogP contribution in [0.1, 0.15) is 18.2 Å². The third-order valence-corrected chi connectivity index (χ3v) is 4.04. The molecule has 0 fully saturated rings. The fraction of sp³-hybridized carbons (Fsp3) is 0.467. The number of para-hydroxylation sites is 1. The van der Waals surface area contributed by atoms with Gasteiger partial charge in [0.25, 0.3) is 0 Å². The lowest BCUT2D eigenvalue weighted by atomic mass is 10.0. The highest BCUT2D eigenvalue weighted by Crippen LogP contribution is 2.30. The number of aromatic nitrogens is 1. The second-order valence-corrected chi connectivity index (χ2v) is 5.00. The molecule has 1 aliphatic rings. The van der Waals surface area contributed by atoms with Crippen LogP contribution < -0.4 is 5.73 Å². The zero-order valence-electron chi connectivity index (χ0n) is 11.8. The lowest BCUT2D eigenvalue weighted by Crippen LogP contribution is -2.31. The van der Waals surface area contributed by atoms with Gasteiger partial charge < -0.3 is 10.3 Å². The van der Waals surface area contributed by atoms with Crippen molar-refractivity contribution in [3.8, 4) is 0 Å². The number of hydrogen-bond donors (Lipinski definition) is 1. The first kappa shape index (κ1) is 17.3. The highest BCUT2D eigenvalue weighted by atomic mass is 35.5. The van der Waals surface area contributed by atoms with Crippen LogP contribution in [0, 0.1) is 0 Å². The van der Waals surface area contributed by atoms with Crippen LogP contribution in [-0.2, 0) is 19.5 Å². The fourth-order valence-electron chi connectivity index (χ4n) is 3.11. The molecule has 0 atom stereocenters. The Balaban J connectivity index is 0.000001000. The SMILES string of the molecule is CCN1CCc2c(c3ccccc3n2CCN)C1.Cl.Cl. The molecular formula is C15H23Cl2N3. The third kappa shape index (κ3) is 2.82. The van der Waals surface area contributed by atoms with Crippen LogP contribution in [0.4, 0.5) is 0 Å². The van der Waals surface area contributed by atoms with Gasteiger partial charge in [0.1, 0.15) is 0 Å². The number of hydrogen-bond acceptors (Lipinski definition) is 2. The Morgan fingerprint density at radius 1 is 1.20 bits per heavy atom. The van der Waals surface area contributed by atoms with Crippen LogP contribution in [0.3, 0.4) is 0 Å². The van der Waals surface area contributed by atoms with Crippen molar-refractivity contribution in [1.29, 1.82) is 0 Å². The average molecular weight is 316 g/mol. The molecule has 0 radical (unpaired) electrons. The zero-order chi connectivity index (χ0) is 12.5. The summed E-state index contributed by atoms with van der Waals surface area (Å²) in [6.07, 6.45) is 1.15. The smallest absolute Gasteiger partial charge is 0.0486 e. The van der Waals surface area contributed by atoms with Crippen LogP contribution >= 0.6 is 24.8 Å². The number of nitrogens with two attached hydrogens (primary N) is 1. The van der Waals surface area contributed by atoms with Crippen molar-refractivity contribution in [3.05, 3.63) is 35.5 Å². The highest BCUT2D eigenvalue weighted by molar-refractivity contribution is 5.86. The van der Waals surface area contributed by atoms with Gasteiger partial charge in [-0.3, -0.25) is 4.90 Å². The van der Waals surface area contributed by atoms with Crippen LogP contribution in [0.15, 0.2) is 24.3 Å². The maximum atomic E-state index is 5.77. The van der Waals surface area contributed by atoms with Crippen molar-refractivity contribution in [2.24, 2.45) is 5.73 Å². The van der Waals surface area contributed by atoms with Gasteiger partial charge in [-0.15, -0.1) is 24.8 Å². The molecule has 3 nitrogen and oxygen atoms in total. The zero-order valence-corrected chi connectivity index (χ0v) is 13.5. The van der Waals surface area contributed by atoms with Crippen molar-refractivity contribution in [1.82, 2.24) is 9.47 Å². The number of benzene rings is 1. The summed E-state index contributed by atoms with van der Waals surface area (Å²) >= 11 is 0. The van der Waals surface area contributed by atoms with Crippen molar-refractivity contribution < 1.29 is 0 Å². The minimum atomic E-state index is 0. The van der Waals surface area contributed by atoms with E-state index in [9.17, 15) is 0 Å². The number of likely N-dealkylation sites (N-methyl/N-ethyl adjacent to an activating group) is 1. The molecule has 2 heterocycles. The summed E-state index contributed by atoms with van der Waals surface area (Å²) in [5.41, 5.74) is 10.1. The summed E-state index contributed by atoms with van der Waals surface area (Å²) in [7, 11) is 0. The van der Waals surface area contributed by atoms with Crippen LogP contribution in [-0.4, -0.2) is 29.1 Å². The molecular weight excluding hydrogens is 293 g/mol. The topological polar surface area (TPSA) is 34.2 Å². The van der Waals surface area contributed by atoms with Gasteiger partial charge in [0.05, 0.1) is 0 Å². The second-order valence-electron chi connectivity index (χ2n) is 5.00. The molecule has 1 aliphatic heterocycles. The molecule has 0 spiro atoms. The van der Waals surface area contributed by atoms with E-state index in [1.54, 1.807) is 0 Å². The van der Waals surface area contributed by atoms with E-state index < -0.39 is 0 Å². The quantitative estimate of drug-likeness (QED) is 0.945. The van der Waals surface area contributed by atoms with Crippen LogP contribution in [0.2, 0.25) is 0 Å². The van der Waals surface area contributed by atoms with E-state index in [1.807, 2.05) is 0 Å². The third-order valence-electron chi connectivity index (χ3n) is 4.04. The summed E-state index contributed by atoms with van der Waals surface area (Å²) in [4.78, 5) is 2.52. The normalized spacial score (nSPS) is 14.5. The molecule has 2 aromatic rings. The molecule has 5 heteroatoms. The molecule has 3 rings (SSSR count). The first-order chi connectivity index (χ1) is 8.85. The largest absolute Gasteiger partial charge is 0.343 e. The number of fused-ring (bicyclic) bond motifs is 3. The molecule has 2 N–H and O–H groups in total. The fourth-order valence-corrected chi connectivity index (χ4v) is 3.11. The van der Waals surface area contributed by atoms with Gasteiger partial charge in [-0.1, -0.05) is 25.1 Å². The van der Waals surface area contributed by atoms with Gasteiger partial charge in [-0.05, 0) is 18.2 Å². The lowest BCUT2D eigenvalue weighted by Gasteiger charge is -2.26. The maximum absolute atomic E-state index is 5.77. The molecule has 0 saturated carbocycles. The molecule has 112 valence electrons. The van der Waals surface area contributed by atoms with E-state index in [2.05, 4.69) is 40.7 Å². The highest BCUT2D eigenvalue weighted by Gasteiger charge is 2.22. The predicted octanol–water partition coefficient (Wildman–Crippen LogP) is 2.82. The van der Waals surface area contributed by atoms with Crippen LogP contribution in [0.5, 0.6) is 0 Å². The van der Waals surface area contributed by atoms with E-state index in [0.29, 0.717) is 6.54 Å². The summed E-state index contributed by atoms with van der Waals surface area (Å²) in [5.74, 6) is 0. The van der Waals surface area contributed by atoms with Crippen LogP contribution in [0.25, 0.3) is 10.9 Å². The number of rotatable bonds is 3. The molecule has 0 amide bonds. The Morgan fingerprint density at radius 3 is 2.65 bits per heavy atom. The van der Waals surface area contributed by atoms with E-state index in [0.717, 1.165) is 26.1 Å². The molecule has 0 saturated heterocycles. The molecule has 1 aromatic heterocycles. The second kappa shape index (κ2) is 7.32. The van der Waals surface area contributed by atoms with E-state index >= 15 is 0 Å². The average Bonchev–Trinajstić information content (AvgIpc) is 2.74. The minimum absolute atomic E-state index is 0. The monoisotopic (exact) mass is 315 g/mol. The van der Waals surface area contributed by atoms with Crippen molar-refractivity contribution in [2.75, 3.05) is 19.6 Å². The van der Waals surface area contributed by atoms with Crippen molar-refractivity contribution >= 4 is 35.7 Å². The summed E-state index contributed by atoms with van der Waals surface area (Å²) in [6, 6.07) is 8.73. The first-order valence-corrected chi connectivity index (χ1v) is 6.86. The Morgan fingerprint density at radius 2 is 1.95 bits per heavy atom. The minimum Gasteiger partial charge on any atom is -0.343 e. The van der Waals surface area contributed by atoms with Crippen molar-refractivity contribution in [2.45, 2.75) is 26.4 Å². The van der Waals surface area contributed by atoms with E-state index in [4.69, 9.17) is 5.73 Å². The predicted molar refractivity (Wildman–Crippen MR) is 90.1 cm³/mol. The number of halogens is 2. The van der Waals surface area contributed by atoms with Gasteiger partial charge in [0.2, 0.25) is 0 Å². The Labute approximate surface area is 132 Å². The molecule has 0 bridgehead atoms. The van der Waals surface area contributed by atoms with Gasteiger partial charge in [-0.25, -0.2) is 0 Å². The Kier molecular flexibility index (Phi) is 6.34. The first-order valence-electron chi connectivity index (χ1n) is 6.86. The van der Waals surface area contributed by atoms with Gasteiger partial charge >= 0.3 is 0 Å². The molecule has 20 heavy (non-hydrogen) atoms. The summed E-state index contributed by atoms with van der Waals surface area (Å²) in [6.45, 7) is 7.28. The summed E-state index contributed by atoms with van der Waals surface area (Å²) in [5, 5.41) is 1.42. The maximum Gasteiger partial charge on any atom is 0.0486 e. The van der Waals surface area contributed by atoms with Gasteiger partial charge in [-0.2, -0.15) is 0 Å².